The maximum atomic E-state index is 13.1. The third kappa shape index (κ3) is 9.69. The lowest BCUT2D eigenvalue weighted by Gasteiger charge is -2.17. The van der Waals surface area contributed by atoms with E-state index in [1.807, 2.05) is 42.5 Å². The molecular weight excluding hydrogens is 729 g/mol. The normalized spacial score (nSPS) is 21.9. The Morgan fingerprint density at radius 1 is 0.554 bits per heavy atom. The molecule has 0 amide bonds. The van der Waals surface area contributed by atoms with Crippen LogP contribution in [0, 0.1) is 0 Å². The number of aliphatic hydroxyl groups excluding tert-OH is 2. The number of hydrogen-bond acceptors (Lipinski definition) is 8. The van der Waals surface area contributed by atoms with Crippen LogP contribution >= 0.6 is 0 Å². The summed E-state index contributed by atoms with van der Waals surface area (Å²) in [5, 5.41) is 43.4. The minimum absolute atomic E-state index is 0.0946. The number of alkyl halides is 3. The van der Waals surface area contributed by atoms with Gasteiger partial charge in [0.2, 0.25) is 0 Å². The van der Waals surface area contributed by atoms with Gasteiger partial charge in [-0.25, -0.2) is 0 Å². The van der Waals surface area contributed by atoms with Crippen LogP contribution in [0.1, 0.15) is 16.7 Å². The SMILES string of the molecule is O=C(O)[C@@H]1NC[C@H](OCc2ccc(-c3ccccc3-c3ccccc3)cc2)[C@H]1O.O=C(O)[C@@H]1NC[C@H](OCc2ccc(-c3ccccc3C(F)(F)F)cc2)[C@H]1O. The van der Waals surface area contributed by atoms with E-state index < -0.39 is 60.2 Å². The van der Waals surface area contributed by atoms with Gasteiger partial charge in [0.15, 0.2) is 0 Å². The number of nitrogens with one attached hydrogen (secondary N) is 2. The average molecular weight is 771 g/mol. The quantitative estimate of drug-likeness (QED) is 0.0942. The molecule has 2 heterocycles. The first kappa shape index (κ1) is 40.3. The number of carboxylic acids is 2. The minimum Gasteiger partial charge on any atom is -0.480 e. The Morgan fingerprint density at radius 3 is 1.34 bits per heavy atom. The van der Waals surface area contributed by atoms with Gasteiger partial charge in [-0.05, 0) is 50.6 Å². The first-order valence-electron chi connectivity index (χ1n) is 17.9. The van der Waals surface area contributed by atoms with E-state index in [2.05, 4.69) is 47.0 Å². The zero-order valence-corrected chi connectivity index (χ0v) is 30.0. The van der Waals surface area contributed by atoms with Crippen molar-refractivity contribution in [2.45, 2.75) is 55.9 Å². The molecule has 0 radical (unpaired) electrons. The summed E-state index contributed by atoms with van der Waals surface area (Å²) in [6.45, 7) is 0.948. The number of carbonyl (C=O) groups is 2. The van der Waals surface area contributed by atoms with Gasteiger partial charge in [-0.15, -0.1) is 0 Å². The fourth-order valence-electron chi connectivity index (χ4n) is 6.73. The van der Waals surface area contributed by atoms with E-state index in [-0.39, 0.29) is 18.7 Å². The van der Waals surface area contributed by atoms with Gasteiger partial charge in [0, 0.05) is 13.1 Å². The van der Waals surface area contributed by atoms with E-state index >= 15 is 0 Å². The van der Waals surface area contributed by atoms with Crippen LogP contribution in [0.5, 0.6) is 0 Å². The van der Waals surface area contributed by atoms with Crippen molar-refractivity contribution in [3.63, 3.8) is 0 Å². The number of aliphatic carboxylic acids is 2. The van der Waals surface area contributed by atoms with E-state index in [1.54, 1.807) is 30.3 Å². The molecule has 6 N–H and O–H groups in total. The summed E-state index contributed by atoms with van der Waals surface area (Å²) in [5.41, 5.74) is 6.12. The molecule has 0 saturated carbocycles. The third-order valence-corrected chi connectivity index (χ3v) is 9.76. The minimum atomic E-state index is -4.44. The van der Waals surface area contributed by atoms with Crippen molar-refractivity contribution in [2.24, 2.45) is 0 Å². The highest BCUT2D eigenvalue weighted by atomic mass is 19.4. The fraction of sp³-hybridized carbons (Fsp3) is 0.256. The maximum Gasteiger partial charge on any atom is 0.417 e. The van der Waals surface area contributed by atoms with Crippen molar-refractivity contribution in [2.75, 3.05) is 13.1 Å². The van der Waals surface area contributed by atoms with Crippen molar-refractivity contribution in [1.82, 2.24) is 10.6 Å². The Labute approximate surface area is 321 Å². The lowest BCUT2D eigenvalue weighted by atomic mass is 9.94. The van der Waals surface area contributed by atoms with E-state index in [1.165, 1.54) is 23.3 Å². The molecule has 13 heteroatoms. The molecule has 292 valence electrons. The second kappa shape index (κ2) is 18.0. The third-order valence-electron chi connectivity index (χ3n) is 9.76. The van der Waals surface area contributed by atoms with E-state index in [4.69, 9.17) is 19.7 Å². The van der Waals surface area contributed by atoms with E-state index in [9.17, 15) is 33.0 Å². The van der Waals surface area contributed by atoms with Gasteiger partial charge in [-0.3, -0.25) is 20.2 Å². The smallest absolute Gasteiger partial charge is 0.417 e. The van der Waals surface area contributed by atoms with Gasteiger partial charge >= 0.3 is 18.1 Å². The van der Waals surface area contributed by atoms with Crippen LogP contribution in [0.2, 0.25) is 0 Å². The summed E-state index contributed by atoms with van der Waals surface area (Å²) in [4.78, 5) is 22.0. The predicted octanol–water partition coefficient (Wildman–Crippen LogP) is 6.00. The summed E-state index contributed by atoms with van der Waals surface area (Å²) in [6, 6.07) is 36.5. The summed E-state index contributed by atoms with van der Waals surface area (Å²) >= 11 is 0. The number of ether oxygens (including phenoxy) is 2. The van der Waals surface area contributed by atoms with E-state index in [0.29, 0.717) is 24.3 Å². The van der Waals surface area contributed by atoms with Crippen molar-refractivity contribution in [3.05, 3.63) is 144 Å². The monoisotopic (exact) mass is 770 g/mol. The average Bonchev–Trinajstić information content (AvgIpc) is 3.78. The molecule has 0 bridgehead atoms. The lowest BCUT2D eigenvalue weighted by molar-refractivity contribution is -0.143. The highest BCUT2D eigenvalue weighted by Crippen LogP contribution is 2.37. The Hall–Kier alpha value is -5.41. The molecular formula is C43H41F3N2O8. The van der Waals surface area contributed by atoms with E-state index in [0.717, 1.165) is 22.8 Å². The van der Waals surface area contributed by atoms with Crippen LogP contribution < -0.4 is 10.6 Å². The number of benzene rings is 5. The highest BCUT2D eigenvalue weighted by molar-refractivity contribution is 5.83. The highest BCUT2D eigenvalue weighted by Gasteiger charge is 2.40. The molecule has 2 aliphatic heterocycles. The summed E-state index contributed by atoms with van der Waals surface area (Å²) in [5.74, 6) is -2.22. The summed E-state index contributed by atoms with van der Waals surface area (Å²) in [6.07, 6.45) is -7.86. The fourth-order valence-corrected chi connectivity index (χ4v) is 6.73. The van der Waals surface area contributed by atoms with Crippen molar-refractivity contribution >= 4 is 11.9 Å². The van der Waals surface area contributed by atoms with Crippen molar-refractivity contribution < 1.29 is 52.7 Å². The standard InChI is InChI=1S/C24H23NO4.C19H18F3NO4/c26-23-21(14-25-22(23)24(27)28)29-15-16-10-12-18(13-11-16)20-9-5-4-8-19(20)17-6-2-1-3-7-17;20-19(21,22)14-4-2-1-3-13(14)12-7-5-11(6-8-12)10-27-15-9-23-16(17(15)24)18(25)26/h1-13,21-23,25-26H,14-15H2,(H,27,28);1-8,15-17,23-24H,9-10H2,(H,25,26)/t21-,22+,23+;15-,16+,17+/m00/s1. The molecule has 2 aliphatic rings. The molecule has 0 spiro atoms. The largest absolute Gasteiger partial charge is 0.480 e. The molecule has 0 unspecified atom stereocenters. The van der Waals surface area contributed by atoms with Crippen LogP contribution in [-0.4, -0.2) is 82.0 Å². The number of hydrogen-bond donors (Lipinski definition) is 6. The van der Waals surface area contributed by atoms with Crippen LogP contribution in [0.4, 0.5) is 13.2 Å². The van der Waals surface area contributed by atoms with Crippen LogP contribution in [0.25, 0.3) is 33.4 Å². The molecule has 0 aromatic heterocycles. The molecule has 0 aliphatic carbocycles. The van der Waals surface area contributed by atoms with Gasteiger partial charge < -0.3 is 29.9 Å². The first-order valence-corrected chi connectivity index (χ1v) is 17.9. The number of rotatable bonds is 11. The van der Waals surface area contributed by atoms with Gasteiger partial charge in [0.25, 0.3) is 0 Å². The summed E-state index contributed by atoms with van der Waals surface area (Å²) < 4.78 is 50.7. The second-order valence-electron chi connectivity index (χ2n) is 13.5. The lowest BCUT2D eigenvalue weighted by Crippen LogP contribution is -2.40. The maximum absolute atomic E-state index is 13.1. The Morgan fingerprint density at radius 2 is 0.929 bits per heavy atom. The van der Waals surface area contributed by atoms with Crippen LogP contribution in [0.3, 0.4) is 0 Å². The predicted molar refractivity (Wildman–Crippen MR) is 202 cm³/mol. The molecule has 56 heavy (non-hydrogen) atoms. The van der Waals surface area contributed by atoms with Gasteiger partial charge in [0.1, 0.15) is 24.3 Å². The van der Waals surface area contributed by atoms with Gasteiger partial charge in [0.05, 0.1) is 31.0 Å². The molecule has 6 atom stereocenters. The Bertz CT molecular complexity index is 2080. The number of carboxylic acid groups (broad SMARTS) is 2. The first-order chi connectivity index (χ1) is 26.9. The molecule has 7 rings (SSSR count). The zero-order valence-electron chi connectivity index (χ0n) is 30.0. The van der Waals surface area contributed by atoms with Gasteiger partial charge in [-0.1, -0.05) is 121 Å². The topological polar surface area (TPSA) is 158 Å². The van der Waals surface area contributed by atoms with Crippen molar-refractivity contribution in [3.8, 4) is 33.4 Å². The second-order valence-corrected chi connectivity index (χ2v) is 13.5. The molecule has 2 fully saturated rings. The Kier molecular flexibility index (Phi) is 13.0. The van der Waals surface area contributed by atoms with Crippen molar-refractivity contribution in [1.29, 1.82) is 0 Å². The molecule has 5 aromatic carbocycles. The summed E-state index contributed by atoms with van der Waals surface area (Å²) in [7, 11) is 0. The molecule has 5 aromatic rings. The number of halogens is 3. The zero-order chi connectivity index (χ0) is 39.8. The van der Waals surface area contributed by atoms with Crippen LogP contribution in [0.15, 0.2) is 127 Å². The molecule has 2 saturated heterocycles. The van der Waals surface area contributed by atoms with Crippen LogP contribution in [-0.2, 0) is 38.5 Å². The molecule has 10 nitrogen and oxygen atoms in total. The van der Waals surface area contributed by atoms with Gasteiger partial charge in [-0.2, -0.15) is 13.2 Å². The number of aliphatic hydroxyl groups is 2. The Balaban J connectivity index is 0.000000190.